The second-order valence-corrected chi connectivity index (χ2v) is 7.83. The average molecular weight is 303 g/mol. The standard InChI is InChI=1S/C12H21N3O2S2/c1-9(18-4)8-14-10-6-5-7-11(12(10)13)19(16,17)15(2)3/h5-7,9,14H,8,13H2,1-4H3. The third kappa shape index (κ3) is 3.77. The topological polar surface area (TPSA) is 75.4 Å². The molecule has 0 aliphatic carbocycles. The first kappa shape index (κ1) is 16.1. The molecule has 0 heterocycles. The van der Waals surface area contributed by atoms with E-state index in [0.29, 0.717) is 10.9 Å². The number of para-hydroxylation sites is 1. The molecular formula is C12H21N3O2S2. The van der Waals surface area contributed by atoms with Gasteiger partial charge in [0.1, 0.15) is 4.90 Å². The quantitative estimate of drug-likeness (QED) is 0.782. The molecule has 0 saturated carbocycles. The van der Waals surface area contributed by atoms with Crippen LogP contribution in [0.1, 0.15) is 6.92 Å². The van der Waals surface area contributed by atoms with E-state index in [1.54, 1.807) is 23.9 Å². The second-order valence-electron chi connectivity index (χ2n) is 4.43. The molecule has 0 amide bonds. The summed E-state index contributed by atoms with van der Waals surface area (Å²) in [6.07, 6.45) is 2.03. The van der Waals surface area contributed by atoms with Gasteiger partial charge in [-0.15, -0.1) is 0 Å². The van der Waals surface area contributed by atoms with Crippen molar-refractivity contribution in [2.24, 2.45) is 0 Å². The van der Waals surface area contributed by atoms with Gasteiger partial charge in [0, 0.05) is 25.9 Å². The lowest BCUT2D eigenvalue weighted by molar-refractivity contribution is 0.521. The molecule has 0 radical (unpaired) electrons. The van der Waals surface area contributed by atoms with Crippen molar-refractivity contribution in [2.45, 2.75) is 17.1 Å². The van der Waals surface area contributed by atoms with Crippen molar-refractivity contribution in [1.82, 2.24) is 4.31 Å². The fourth-order valence-electron chi connectivity index (χ4n) is 1.46. The zero-order chi connectivity index (χ0) is 14.6. The highest BCUT2D eigenvalue weighted by Gasteiger charge is 2.21. The molecule has 7 heteroatoms. The number of hydrogen-bond donors (Lipinski definition) is 2. The van der Waals surface area contributed by atoms with Gasteiger partial charge < -0.3 is 11.1 Å². The van der Waals surface area contributed by atoms with Crippen molar-refractivity contribution in [3.05, 3.63) is 18.2 Å². The lowest BCUT2D eigenvalue weighted by atomic mass is 10.2. The molecule has 1 atom stereocenters. The monoisotopic (exact) mass is 303 g/mol. The van der Waals surface area contributed by atoms with Gasteiger partial charge in [0.05, 0.1) is 11.4 Å². The van der Waals surface area contributed by atoms with Crippen LogP contribution in [0, 0.1) is 0 Å². The molecule has 5 nitrogen and oxygen atoms in total. The van der Waals surface area contributed by atoms with Gasteiger partial charge >= 0.3 is 0 Å². The lowest BCUT2D eigenvalue weighted by Gasteiger charge is -2.17. The van der Waals surface area contributed by atoms with Crippen molar-refractivity contribution < 1.29 is 8.42 Å². The Bertz CT molecular complexity index is 530. The second kappa shape index (κ2) is 6.49. The average Bonchev–Trinajstić information content (AvgIpc) is 2.36. The fourth-order valence-corrected chi connectivity index (χ4v) is 2.74. The molecule has 0 fully saturated rings. The highest BCUT2D eigenvalue weighted by molar-refractivity contribution is 7.99. The van der Waals surface area contributed by atoms with Crippen molar-refractivity contribution in [2.75, 3.05) is 37.9 Å². The lowest BCUT2D eigenvalue weighted by Crippen LogP contribution is -2.23. The molecule has 0 aromatic heterocycles. The number of thioether (sulfide) groups is 1. The molecule has 0 bridgehead atoms. The van der Waals surface area contributed by atoms with Crippen LogP contribution in [0.2, 0.25) is 0 Å². The molecule has 1 rings (SSSR count). The fraction of sp³-hybridized carbons (Fsp3) is 0.500. The van der Waals surface area contributed by atoms with Crippen LogP contribution in [0.3, 0.4) is 0 Å². The summed E-state index contributed by atoms with van der Waals surface area (Å²) in [4.78, 5) is 0.138. The zero-order valence-electron chi connectivity index (χ0n) is 11.7. The van der Waals surface area contributed by atoms with Crippen LogP contribution in [-0.2, 0) is 10.0 Å². The minimum Gasteiger partial charge on any atom is -0.396 e. The van der Waals surface area contributed by atoms with Gasteiger partial charge in [-0.1, -0.05) is 13.0 Å². The van der Waals surface area contributed by atoms with Crippen molar-refractivity contribution in [1.29, 1.82) is 0 Å². The Morgan fingerprint density at radius 3 is 2.58 bits per heavy atom. The summed E-state index contributed by atoms with van der Waals surface area (Å²) in [5, 5.41) is 3.61. The summed E-state index contributed by atoms with van der Waals surface area (Å²) < 4.78 is 25.4. The van der Waals surface area contributed by atoms with Gasteiger partial charge in [0.15, 0.2) is 0 Å². The molecule has 19 heavy (non-hydrogen) atoms. The number of nitrogen functional groups attached to an aromatic ring is 1. The number of benzene rings is 1. The van der Waals surface area contributed by atoms with E-state index in [-0.39, 0.29) is 10.6 Å². The number of nitrogens with two attached hydrogens (primary N) is 1. The van der Waals surface area contributed by atoms with Gasteiger partial charge in [-0.25, -0.2) is 12.7 Å². The molecule has 1 unspecified atom stereocenters. The number of nitrogens with one attached hydrogen (secondary N) is 1. The van der Waals surface area contributed by atoms with E-state index < -0.39 is 10.0 Å². The zero-order valence-corrected chi connectivity index (χ0v) is 13.3. The summed E-state index contributed by atoms with van der Waals surface area (Å²) in [6, 6.07) is 5.00. The highest BCUT2D eigenvalue weighted by Crippen LogP contribution is 2.28. The summed E-state index contributed by atoms with van der Waals surface area (Å²) in [5.74, 6) is 0. The third-order valence-corrected chi connectivity index (χ3v) is 5.65. The third-order valence-electron chi connectivity index (χ3n) is 2.81. The van der Waals surface area contributed by atoms with E-state index in [9.17, 15) is 8.42 Å². The smallest absolute Gasteiger partial charge is 0.244 e. The number of nitrogens with zero attached hydrogens (tertiary/aromatic N) is 1. The Morgan fingerprint density at radius 1 is 1.42 bits per heavy atom. The molecule has 0 aliphatic rings. The number of rotatable bonds is 6. The molecule has 1 aromatic rings. The Labute approximate surface area is 119 Å². The number of hydrogen-bond acceptors (Lipinski definition) is 5. The molecule has 0 aliphatic heterocycles. The van der Waals surface area contributed by atoms with Crippen LogP contribution in [0.5, 0.6) is 0 Å². The largest absolute Gasteiger partial charge is 0.396 e. The molecule has 1 aromatic carbocycles. The van der Waals surface area contributed by atoms with Gasteiger partial charge in [-0.3, -0.25) is 0 Å². The maximum atomic E-state index is 12.1. The van der Waals surface area contributed by atoms with E-state index in [0.717, 1.165) is 10.8 Å². The summed E-state index contributed by atoms with van der Waals surface area (Å²) >= 11 is 1.73. The molecule has 3 N–H and O–H groups in total. The Balaban J connectivity index is 3.06. The SMILES string of the molecule is CSC(C)CNc1cccc(S(=O)(=O)N(C)C)c1N. The summed E-state index contributed by atoms with van der Waals surface area (Å²) in [6.45, 7) is 2.82. The van der Waals surface area contributed by atoms with E-state index in [4.69, 9.17) is 5.73 Å². The van der Waals surface area contributed by atoms with Crippen LogP contribution in [0.15, 0.2) is 23.1 Å². The van der Waals surface area contributed by atoms with Gasteiger partial charge in [-0.2, -0.15) is 11.8 Å². The predicted octanol–water partition coefficient (Wildman–Crippen LogP) is 1.68. The van der Waals surface area contributed by atoms with E-state index >= 15 is 0 Å². The van der Waals surface area contributed by atoms with Crippen molar-refractivity contribution >= 4 is 33.2 Å². The first-order chi connectivity index (χ1) is 8.80. The van der Waals surface area contributed by atoms with E-state index in [2.05, 4.69) is 12.2 Å². The first-order valence-electron chi connectivity index (χ1n) is 5.88. The van der Waals surface area contributed by atoms with Crippen LogP contribution < -0.4 is 11.1 Å². The van der Waals surface area contributed by atoms with Gasteiger partial charge in [-0.05, 0) is 18.4 Å². The molecule has 108 valence electrons. The van der Waals surface area contributed by atoms with Crippen LogP contribution in [0.25, 0.3) is 0 Å². The minimum atomic E-state index is -3.51. The Morgan fingerprint density at radius 2 is 2.05 bits per heavy atom. The minimum absolute atomic E-state index is 0.138. The highest BCUT2D eigenvalue weighted by atomic mass is 32.2. The number of anilines is 2. The van der Waals surface area contributed by atoms with Gasteiger partial charge in [0.2, 0.25) is 10.0 Å². The maximum absolute atomic E-state index is 12.1. The first-order valence-corrected chi connectivity index (χ1v) is 8.61. The summed E-state index contributed by atoms with van der Waals surface area (Å²) in [5.41, 5.74) is 6.88. The van der Waals surface area contributed by atoms with Crippen molar-refractivity contribution in [3.8, 4) is 0 Å². The number of sulfonamides is 1. The van der Waals surface area contributed by atoms with Gasteiger partial charge in [0.25, 0.3) is 0 Å². The summed E-state index contributed by atoms with van der Waals surface area (Å²) in [7, 11) is -0.530. The van der Waals surface area contributed by atoms with Crippen molar-refractivity contribution in [3.63, 3.8) is 0 Å². The van der Waals surface area contributed by atoms with E-state index in [1.165, 1.54) is 20.2 Å². The predicted molar refractivity (Wildman–Crippen MR) is 83.2 cm³/mol. The van der Waals surface area contributed by atoms with Crippen LogP contribution in [-0.4, -0.2) is 44.9 Å². The molecule has 0 saturated heterocycles. The van der Waals surface area contributed by atoms with Crippen LogP contribution >= 0.6 is 11.8 Å². The molecule has 0 spiro atoms. The Kier molecular flexibility index (Phi) is 5.51. The van der Waals surface area contributed by atoms with E-state index in [1.807, 2.05) is 6.26 Å². The maximum Gasteiger partial charge on any atom is 0.244 e. The molecular weight excluding hydrogens is 282 g/mol. The normalized spacial score (nSPS) is 13.5. The Hall–Kier alpha value is -0.920. The van der Waals surface area contributed by atoms with Crippen LogP contribution in [0.4, 0.5) is 11.4 Å².